The molecule has 0 radical (unpaired) electrons. The molecule has 0 amide bonds. The van der Waals surface area contributed by atoms with Crippen LogP contribution in [0.2, 0.25) is 0 Å². The molecule has 0 fully saturated rings. The highest BCUT2D eigenvalue weighted by Crippen LogP contribution is 2.36. The van der Waals surface area contributed by atoms with Gasteiger partial charge in [-0.2, -0.15) is 13.2 Å². The Morgan fingerprint density at radius 2 is 2.00 bits per heavy atom. The van der Waals surface area contributed by atoms with E-state index in [4.69, 9.17) is 0 Å². The highest BCUT2D eigenvalue weighted by atomic mass is 32.1. The van der Waals surface area contributed by atoms with Gasteiger partial charge in [0.05, 0.1) is 6.04 Å². The quantitative estimate of drug-likeness (QED) is 0.869. The lowest BCUT2D eigenvalue weighted by Crippen LogP contribution is -2.16. The van der Waals surface area contributed by atoms with Crippen molar-refractivity contribution in [3.63, 3.8) is 0 Å². The Hall–Kier alpha value is -1.47. The third-order valence-corrected chi connectivity index (χ3v) is 3.96. The maximum absolute atomic E-state index is 13.2. The lowest BCUT2D eigenvalue weighted by atomic mass is 10.0. The molecular formula is C13H12F4N2S. The molecule has 0 aliphatic carbocycles. The molecule has 20 heavy (non-hydrogen) atoms. The van der Waals surface area contributed by atoms with Gasteiger partial charge in [0, 0.05) is 11.1 Å². The van der Waals surface area contributed by atoms with Crippen molar-refractivity contribution in [2.75, 3.05) is 7.05 Å². The van der Waals surface area contributed by atoms with Gasteiger partial charge in [0.15, 0.2) is 5.01 Å². The number of alkyl halides is 3. The Bertz CT molecular complexity index is 607. The van der Waals surface area contributed by atoms with Crippen LogP contribution in [0.5, 0.6) is 0 Å². The molecule has 0 saturated carbocycles. The summed E-state index contributed by atoms with van der Waals surface area (Å²) in [6.45, 7) is 1.61. The van der Waals surface area contributed by atoms with Gasteiger partial charge in [-0.3, -0.25) is 0 Å². The average molecular weight is 304 g/mol. The van der Waals surface area contributed by atoms with Crippen molar-refractivity contribution in [1.82, 2.24) is 10.3 Å². The van der Waals surface area contributed by atoms with E-state index in [2.05, 4.69) is 10.3 Å². The number of nitrogens with zero attached hydrogens (tertiary/aromatic N) is 1. The Morgan fingerprint density at radius 3 is 2.50 bits per heavy atom. The van der Waals surface area contributed by atoms with Gasteiger partial charge >= 0.3 is 6.18 Å². The first kappa shape index (κ1) is 14.9. The number of aromatic nitrogens is 1. The Morgan fingerprint density at radius 1 is 1.30 bits per heavy atom. The van der Waals surface area contributed by atoms with E-state index in [1.807, 2.05) is 0 Å². The first-order valence-corrected chi connectivity index (χ1v) is 6.61. The fourth-order valence-corrected chi connectivity index (χ4v) is 2.79. The SMILES string of the molecule is CNC(c1ccc(F)c(C)c1)c1cnc(C(F)(F)F)s1. The van der Waals surface area contributed by atoms with Gasteiger partial charge in [0.1, 0.15) is 5.82 Å². The van der Waals surface area contributed by atoms with Crippen molar-refractivity contribution >= 4 is 11.3 Å². The van der Waals surface area contributed by atoms with E-state index in [0.717, 1.165) is 0 Å². The molecule has 1 unspecified atom stereocenters. The smallest absolute Gasteiger partial charge is 0.309 e. The number of hydrogen-bond donors (Lipinski definition) is 1. The molecule has 0 aliphatic heterocycles. The lowest BCUT2D eigenvalue weighted by molar-refractivity contribution is -0.137. The predicted octanol–water partition coefficient (Wildman–Crippen LogP) is 3.92. The summed E-state index contributed by atoms with van der Waals surface area (Å²) in [6.07, 6.45) is -3.24. The van der Waals surface area contributed by atoms with Gasteiger partial charge in [0.2, 0.25) is 0 Å². The van der Waals surface area contributed by atoms with E-state index < -0.39 is 17.2 Å². The summed E-state index contributed by atoms with van der Waals surface area (Å²) in [6, 6.07) is 4.03. The van der Waals surface area contributed by atoms with Crippen molar-refractivity contribution in [1.29, 1.82) is 0 Å². The molecule has 0 spiro atoms. The van der Waals surface area contributed by atoms with Crippen molar-refractivity contribution in [2.45, 2.75) is 19.1 Å². The summed E-state index contributed by atoms with van der Waals surface area (Å²) < 4.78 is 50.9. The maximum Gasteiger partial charge on any atom is 0.443 e. The van der Waals surface area contributed by atoms with Gasteiger partial charge in [-0.1, -0.05) is 12.1 Å². The van der Waals surface area contributed by atoms with Crippen LogP contribution in [0.25, 0.3) is 0 Å². The Balaban J connectivity index is 2.37. The highest BCUT2D eigenvalue weighted by molar-refractivity contribution is 7.11. The first-order chi connectivity index (χ1) is 9.32. The largest absolute Gasteiger partial charge is 0.443 e. The van der Waals surface area contributed by atoms with E-state index in [1.54, 1.807) is 26.1 Å². The van der Waals surface area contributed by atoms with Gasteiger partial charge < -0.3 is 5.32 Å². The summed E-state index contributed by atoms with van der Waals surface area (Å²) in [7, 11) is 1.64. The topological polar surface area (TPSA) is 24.9 Å². The zero-order valence-electron chi connectivity index (χ0n) is 10.8. The summed E-state index contributed by atoms with van der Waals surface area (Å²) >= 11 is 0.585. The molecule has 0 aliphatic rings. The highest BCUT2D eigenvalue weighted by Gasteiger charge is 2.35. The molecule has 108 valence electrons. The summed E-state index contributed by atoms with van der Waals surface area (Å²) in [5.74, 6) is -0.344. The molecule has 2 rings (SSSR count). The van der Waals surface area contributed by atoms with Crippen molar-refractivity contribution in [3.8, 4) is 0 Å². The van der Waals surface area contributed by atoms with E-state index in [0.29, 0.717) is 27.3 Å². The number of nitrogens with one attached hydrogen (secondary N) is 1. The van der Waals surface area contributed by atoms with E-state index in [9.17, 15) is 17.6 Å². The van der Waals surface area contributed by atoms with Gasteiger partial charge in [-0.15, -0.1) is 11.3 Å². The van der Waals surface area contributed by atoms with Crippen LogP contribution in [-0.4, -0.2) is 12.0 Å². The lowest BCUT2D eigenvalue weighted by Gasteiger charge is -2.15. The van der Waals surface area contributed by atoms with Crippen LogP contribution in [0.4, 0.5) is 17.6 Å². The van der Waals surface area contributed by atoms with Crippen LogP contribution in [0.3, 0.4) is 0 Å². The second-order valence-corrected chi connectivity index (χ2v) is 5.36. The van der Waals surface area contributed by atoms with Gasteiger partial charge in [0.25, 0.3) is 0 Å². The number of aryl methyl sites for hydroxylation is 1. The molecule has 0 bridgehead atoms. The second-order valence-electron chi connectivity index (χ2n) is 4.30. The average Bonchev–Trinajstić information content (AvgIpc) is 2.84. The molecule has 1 N–H and O–H groups in total. The molecule has 7 heteroatoms. The zero-order valence-corrected chi connectivity index (χ0v) is 11.6. The van der Waals surface area contributed by atoms with Crippen molar-refractivity contribution < 1.29 is 17.6 Å². The fraction of sp³-hybridized carbons (Fsp3) is 0.308. The number of hydrogen-bond acceptors (Lipinski definition) is 3. The molecule has 2 aromatic rings. The predicted molar refractivity (Wildman–Crippen MR) is 69.2 cm³/mol. The Labute approximate surface area is 117 Å². The fourth-order valence-electron chi connectivity index (χ4n) is 1.87. The summed E-state index contributed by atoms with van der Waals surface area (Å²) in [4.78, 5) is 3.84. The van der Waals surface area contributed by atoms with Crippen LogP contribution in [0, 0.1) is 12.7 Å². The van der Waals surface area contributed by atoms with E-state index in [1.165, 1.54) is 12.3 Å². The van der Waals surface area contributed by atoms with Gasteiger partial charge in [-0.05, 0) is 31.2 Å². The number of benzene rings is 1. The minimum Gasteiger partial charge on any atom is -0.309 e. The normalized spacial score (nSPS) is 13.5. The zero-order chi connectivity index (χ0) is 14.9. The maximum atomic E-state index is 13.2. The molecule has 1 atom stereocenters. The van der Waals surface area contributed by atoms with Crippen LogP contribution in [-0.2, 0) is 6.18 Å². The molecular weight excluding hydrogens is 292 g/mol. The molecule has 0 saturated heterocycles. The minimum atomic E-state index is -4.44. The summed E-state index contributed by atoms with van der Waals surface area (Å²) in [5.41, 5.74) is 1.15. The standard InChI is InChI=1S/C13H12F4N2S/c1-7-5-8(3-4-9(7)14)11(18-2)10-6-19-12(20-10)13(15,16)17/h3-6,11,18H,1-2H3. The van der Waals surface area contributed by atoms with E-state index in [-0.39, 0.29) is 5.82 Å². The summed E-state index contributed by atoms with van der Waals surface area (Å²) in [5, 5.41) is 2.04. The van der Waals surface area contributed by atoms with E-state index >= 15 is 0 Å². The molecule has 1 aromatic heterocycles. The molecule has 1 heterocycles. The van der Waals surface area contributed by atoms with Gasteiger partial charge in [-0.25, -0.2) is 9.37 Å². The number of halogens is 4. The number of thiazole rings is 1. The first-order valence-electron chi connectivity index (χ1n) is 5.79. The van der Waals surface area contributed by atoms with Crippen molar-refractivity contribution in [3.05, 3.63) is 51.2 Å². The molecule has 1 aromatic carbocycles. The van der Waals surface area contributed by atoms with Crippen LogP contribution >= 0.6 is 11.3 Å². The molecule has 2 nitrogen and oxygen atoms in total. The third-order valence-electron chi connectivity index (χ3n) is 2.85. The third kappa shape index (κ3) is 2.99. The van der Waals surface area contributed by atoms with Crippen LogP contribution in [0.1, 0.15) is 27.1 Å². The second kappa shape index (κ2) is 5.49. The minimum absolute atomic E-state index is 0.344. The van der Waals surface area contributed by atoms with Crippen LogP contribution < -0.4 is 5.32 Å². The van der Waals surface area contributed by atoms with Crippen LogP contribution in [0.15, 0.2) is 24.4 Å². The number of rotatable bonds is 3. The Kier molecular flexibility index (Phi) is 4.10. The monoisotopic (exact) mass is 304 g/mol. The van der Waals surface area contributed by atoms with Crippen molar-refractivity contribution in [2.24, 2.45) is 0 Å².